The van der Waals surface area contributed by atoms with Gasteiger partial charge in [-0.3, -0.25) is 4.98 Å². The number of benzene rings is 1. The van der Waals surface area contributed by atoms with Gasteiger partial charge >= 0.3 is 5.97 Å². The summed E-state index contributed by atoms with van der Waals surface area (Å²) in [7, 11) is 0. The van der Waals surface area contributed by atoms with E-state index in [1.54, 1.807) is 0 Å². The quantitative estimate of drug-likeness (QED) is 0.517. The van der Waals surface area contributed by atoms with Crippen LogP contribution in [0.1, 0.15) is 10.4 Å². The Bertz CT molecular complexity index is 679. The molecular formula is C12H7FN4O2. The van der Waals surface area contributed by atoms with Crippen molar-refractivity contribution in [2.24, 2.45) is 5.11 Å². The Labute approximate surface area is 106 Å². The molecule has 1 aromatic heterocycles. The normalized spacial score (nSPS) is 9.74. The second-order valence-corrected chi connectivity index (χ2v) is 3.59. The number of pyridine rings is 1. The van der Waals surface area contributed by atoms with Gasteiger partial charge in [-0.1, -0.05) is 5.11 Å². The number of halogens is 1. The Morgan fingerprint density at radius 1 is 1.37 bits per heavy atom. The van der Waals surface area contributed by atoms with Gasteiger partial charge in [0, 0.05) is 16.7 Å². The van der Waals surface area contributed by atoms with E-state index in [1.807, 2.05) is 0 Å². The van der Waals surface area contributed by atoms with E-state index < -0.39 is 5.97 Å². The average molecular weight is 258 g/mol. The highest BCUT2D eigenvalue weighted by Crippen LogP contribution is 2.25. The monoisotopic (exact) mass is 258 g/mol. The summed E-state index contributed by atoms with van der Waals surface area (Å²) < 4.78 is 12.8. The van der Waals surface area contributed by atoms with E-state index >= 15 is 0 Å². The van der Waals surface area contributed by atoms with Crippen LogP contribution in [0.2, 0.25) is 0 Å². The van der Waals surface area contributed by atoms with E-state index in [0.717, 1.165) is 6.20 Å². The first-order valence-electron chi connectivity index (χ1n) is 5.16. The topological polar surface area (TPSA) is 99.0 Å². The van der Waals surface area contributed by atoms with Gasteiger partial charge in [-0.15, -0.1) is 0 Å². The fraction of sp³-hybridized carbons (Fsp3) is 0. The molecule has 0 atom stereocenters. The maximum atomic E-state index is 12.8. The van der Waals surface area contributed by atoms with Gasteiger partial charge < -0.3 is 5.11 Å². The van der Waals surface area contributed by atoms with Gasteiger partial charge in [0.1, 0.15) is 5.82 Å². The summed E-state index contributed by atoms with van der Waals surface area (Å²) in [5.74, 6) is -1.62. The lowest BCUT2D eigenvalue weighted by Crippen LogP contribution is -1.98. The molecule has 0 fully saturated rings. The first-order valence-corrected chi connectivity index (χ1v) is 5.16. The minimum absolute atomic E-state index is 0.0377. The maximum absolute atomic E-state index is 12.8. The smallest absolute Gasteiger partial charge is 0.337 e. The molecule has 0 radical (unpaired) electrons. The molecule has 0 bridgehead atoms. The summed E-state index contributed by atoms with van der Waals surface area (Å²) in [4.78, 5) is 17.4. The molecule has 0 spiro atoms. The predicted molar refractivity (Wildman–Crippen MR) is 65.4 cm³/mol. The highest BCUT2D eigenvalue weighted by Gasteiger charge is 2.11. The Hall–Kier alpha value is -2.92. The fourth-order valence-corrected chi connectivity index (χ4v) is 1.52. The van der Waals surface area contributed by atoms with Crippen molar-refractivity contribution in [2.45, 2.75) is 0 Å². The molecule has 0 aliphatic carbocycles. The SMILES string of the molecule is [N-]=[N+]=Nc1cc(-c2ccc(F)cc2)ncc1C(=O)O. The van der Waals surface area contributed by atoms with Gasteiger partial charge in [-0.2, -0.15) is 0 Å². The molecule has 2 aromatic rings. The van der Waals surface area contributed by atoms with Crippen molar-refractivity contribution in [1.82, 2.24) is 4.98 Å². The molecule has 1 heterocycles. The maximum Gasteiger partial charge on any atom is 0.337 e. The number of rotatable bonds is 3. The summed E-state index contributed by atoms with van der Waals surface area (Å²) in [5, 5.41) is 12.2. The number of hydrogen-bond donors (Lipinski definition) is 1. The van der Waals surface area contributed by atoms with Gasteiger partial charge in [-0.25, -0.2) is 9.18 Å². The van der Waals surface area contributed by atoms with Crippen LogP contribution in [-0.2, 0) is 0 Å². The molecule has 0 amide bonds. The molecule has 1 N–H and O–H groups in total. The van der Waals surface area contributed by atoms with Crippen molar-refractivity contribution in [2.75, 3.05) is 0 Å². The molecule has 0 aliphatic heterocycles. The van der Waals surface area contributed by atoms with Crippen molar-refractivity contribution < 1.29 is 14.3 Å². The first kappa shape index (κ1) is 12.5. The molecule has 6 nitrogen and oxygen atoms in total. The molecule has 0 saturated carbocycles. The summed E-state index contributed by atoms with van der Waals surface area (Å²) in [6.45, 7) is 0. The zero-order valence-electron chi connectivity index (χ0n) is 9.49. The Morgan fingerprint density at radius 2 is 2.05 bits per heavy atom. The molecule has 0 unspecified atom stereocenters. The number of aromatic carboxylic acids is 1. The third-order valence-corrected chi connectivity index (χ3v) is 2.40. The third-order valence-electron chi connectivity index (χ3n) is 2.40. The molecule has 0 saturated heterocycles. The molecule has 7 heteroatoms. The number of nitrogens with zero attached hydrogens (tertiary/aromatic N) is 4. The average Bonchev–Trinajstić information content (AvgIpc) is 2.39. The van der Waals surface area contributed by atoms with Gasteiger partial charge in [0.15, 0.2) is 0 Å². The lowest BCUT2D eigenvalue weighted by Gasteiger charge is -2.04. The Kier molecular flexibility index (Phi) is 3.40. The van der Waals surface area contributed by atoms with E-state index in [9.17, 15) is 9.18 Å². The van der Waals surface area contributed by atoms with E-state index in [2.05, 4.69) is 15.0 Å². The number of carboxylic acid groups (broad SMARTS) is 1. The fourth-order valence-electron chi connectivity index (χ4n) is 1.52. The van der Waals surface area contributed by atoms with Crippen LogP contribution in [-0.4, -0.2) is 16.1 Å². The van der Waals surface area contributed by atoms with Crippen LogP contribution in [0.3, 0.4) is 0 Å². The van der Waals surface area contributed by atoms with Gasteiger partial charge in [0.05, 0.1) is 16.9 Å². The highest BCUT2D eigenvalue weighted by atomic mass is 19.1. The number of carbonyl (C=O) groups is 1. The zero-order valence-corrected chi connectivity index (χ0v) is 9.49. The van der Waals surface area contributed by atoms with Gasteiger partial charge in [0.2, 0.25) is 0 Å². The number of azide groups is 1. The zero-order chi connectivity index (χ0) is 13.8. The summed E-state index contributed by atoms with van der Waals surface area (Å²) in [6.07, 6.45) is 1.10. The van der Waals surface area contributed by atoms with Crippen LogP contribution < -0.4 is 0 Å². The molecule has 0 aliphatic rings. The first-order chi connectivity index (χ1) is 9.11. The van der Waals surface area contributed by atoms with Gasteiger partial charge in [0.25, 0.3) is 0 Å². The number of aromatic nitrogens is 1. The lowest BCUT2D eigenvalue weighted by atomic mass is 10.1. The Morgan fingerprint density at radius 3 is 2.63 bits per heavy atom. The van der Waals surface area contributed by atoms with Crippen LogP contribution in [0, 0.1) is 5.82 Å². The largest absolute Gasteiger partial charge is 0.478 e. The molecule has 19 heavy (non-hydrogen) atoms. The predicted octanol–water partition coefficient (Wildman–Crippen LogP) is 3.53. The van der Waals surface area contributed by atoms with Crippen molar-refractivity contribution in [3.8, 4) is 11.3 Å². The summed E-state index contributed by atoms with van der Waals surface area (Å²) in [5.41, 5.74) is 9.18. The summed E-state index contributed by atoms with van der Waals surface area (Å²) in [6, 6.07) is 6.86. The minimum Gasteiger partial charge on any atom is -0.478 e. The van der Waals surface area contributed by atoms with Crippen LogP contribution in [0.5, 0.6) is 0 Å². The third kappa shape index (κ3) is 2.67. The second kappa shape index (κ2) is 5.16. The van der Waals surface area contributed by atoms with Crippen molar-refractivity contribution in [1.29, 1.82) is 0 Å². The Balaban J connectivity index is 2.54. The lowest BCUT2D eigenvalue weighted by molar-refractivity contribution is 0.0697. The summed E-state index contributed by atoms with van der Waals surface area (Å²) >= 11 is 0. The second-order valence-electron chi connectivity index (χ2n) is 3.59. The van der Waals surface area contributed by atoms with Crippen LogP contribution in [0.15, 0.2) is 41.6 Å². The van der Waals surface area contributed by atoms with Crippen molar-refractivity contribution in [3.63, 3.8) is 0 Å². The van der Waals surface area contributed by atoms with Crippen LogP contribution in [0.25, 0.3) is 21.7 Å². The molecular weight excluding hydrogens is 251 g/mol. The highest BCUT2D eigenvalue weighted by molar-refractivity contribution is 5.93. The number of carboxylic acids is 1. The number of hydrogen-bond acceptors (Lipinski definition) is 3. The van der Waals surface area contributed by atoms with Crippen molar-refractivity contribution in [3.05, 3.63) is 58.4 Å². The van der Waals surface area contributed by atoms with E-state index in [-0.39, 0.29) is 17.1 Å². The molecule has 94 valence electrons. The minimum atomic E-state index is -1.24. The van der Waals surface area contributed by atoms with Crippen LogP contribution in [0.4, 0.5) is 10.1 Å². The van der Waals surface area contributed by atoms with E-state index in [0.29, 0.717) is 11.3 Å². The standard InChI is InChI=1S/C12H7FN4O2/c13-8-3-1-7(2-4-8)10-5-11(16-17-14)9(6-15-10)12(18)19/h1-6H,(H,18,19). The van der Waals surface area contributed by atoms with Gasteiger partial charge in [-0.05, 0) is 35.9 Å². The van der Waals surface area contributed by atoms with E-state index in [4.69, 9.17) is 10.6 Å². The van der Waals surface area contributed by atoms with E-state index in [1.165, 1.54) is 30.3 Å². The van der Waals surface area contributed by atoms with Crippen molar-refractivity contribution >= 4 is 11.7 Å². The molecule has 2 rings (SSSR count). The molecule has 1 aromatic carbocycles. The van der Waals surface area contributed by atoms with Crippen LogP contribution >= 0.6 is 0 Å².